The van der Waals surface area contributed by atoms with Gasteiger partial charge in [0.2, 0.25) is 0 Å². The minimum Gasteiger partial charge on any atom is -0.465 e. The van der Waals surface area contributed by atoms with Crippen LogP contribution in [0.2, 0.25) is 0 Å². The summed E-state index contributed by atoms with van der Waals surface area (Å²) in [5.41, 5.74) is 0. The highest BCUT2D eigenvalue weighted by Crippen LogP contribution is 2.03. The highest BCUT2D eigenvalue weighted by atomic mass is 16.5. The third-order valence-electron chi connectivity index (χ3n) is 1.87. The minimum absolute atomic E-state index is 0.148. The Balaban J connectivity index is 3.71. The fourth-order valence-electron chi connectivity index (χ4n) is 0.781. The Bertz CT molecular complexity index is 209. The Hall–Kier alpha value is -1.06. The smallest absolute Gasteiger partial charge is 0.308 e. The first-order valence-corrected chi connectivity index (χ1v) is 5.51. The SMILES string of the molecule is [CH2]C(COC(=O)C(C)C)COC(=O)C(C)C. The van der Waals surface area contributed by atoms with Gasteiger partial charge in [-0.05, 0) is 6.92 Å². The number of esters is 2. The molecule has 0 rings (SSSR count). The monoisotopic (exact) mass is 229 g/mol. The second-order valence-electron chi connectivity index (χ2n) is 4.44. The number of rotatable bonds is 6. The molecule has 0 N–H and O–H groups in total. The molecule has 0 saturated heterocycles. The van der Waals surface area contributed by atoms with Gasteiger partial charge >= 0.3 is 11.9 Å². The quantitative estimate of drug-likeness (QED) is 0.652. The van der Waals surface area contributed by atoms with E-state index in [1.807, 2.05) is 0 Å². The summed E-state index contributed by atoms with van der Waals surface area (Å²) in [5, 5.41) is 0. The average Bonchev–Trinajstić information content (AvgIpc) is 2.21. The lowest BCUT2D eigenvalue weighted by molar-refractivity contribution is -0.151. The maximum atomic E-state index is 11.1. The van der Waals surface area contributed by atoms with Crippen molar-refractivity contribution in [3.63, 3.8) is 0 Å². The molecule has 0 aliphatic carbocycles. The standard InChI is InChI=1S/C12H21O4/c1-8(2)11(13)15-6-10(5)7-16-12(14)9(3)4/h8-10H,5-7H2,1-4H3. The van der Waals surface area contributed by atoms with Gasteiger partial charge in [-0.25, -0.2) is 0 Å². The zero-order chi connectivity index (χ0) is 12.7. The first-order chi connectivity index (χ1) is 7.34. The molecule has 0 aromatic carbocycles. The molecular weight excluding hydrogens is 208 g/mol. The lowest BCUT2D eigenvalue weighted by Gasteiger charge is -2.14. The fraction of sp³-hybridized carbons (Fsp3) is 0.750. The van der Waals surface area contributed by atoms with Crippen LogP contribution in [0.25, 0.3) is 0 Å². The summed E-state index contributed by atoms with van der Waals surface area (Å²) in [7, 11) is 0. The molecule has 0 bridgehead atoms. The molecule has 0 amide bonds. The van der Waals surface area contributed by atoms with Crippen molar-refractivity contribution in [2.45, 2.75) is 27.7 Å². The first-order valence-electron chi connectivity index (χ1n) is 5.51. The van der Waals surface area contributed by atoms with Crippen LogP contribution in [-0.4, -0.2) is 25.2 Å². The van der Waals surface area contributed by atoms with E-state index in [4.69, 9.17) is 9.47 Å². The van der Waals surface area contributed by atoms with Crippen LogP contribution in [0.1, 0.15) is 27.7 Å². The van der Waals surface area contributed by atoms with Gasteiger partial charge < -0.3 is 9.47 Å². The normalized spacial score (nSPS) is 11.0. The molecule has 0 atom stereocenters. The van der Waals surface area contributed by atoms with Crippen LogP contribution in [-0.2, 0) is 19.1 Å². The van der Waals surface area contributed by atoms with Crippen LogP contribution in [0, 0.1) is 24.7 Å². The Labute approximate surface area is 97.3 Å². The molecule has 93 valence electrons. The van der Waals surface area contributed by atoms with Crippen LogP contribution >= 0.6 is 0 Å². The van der Waals surface area contributed by atoms with Crippen molar-refractivity contribution >= 4 is 11.9 Å². The zero-order valence-electron chi connectivity index (χ0n) is 10.5. The summed E-state index contributed by atoms with van der Waals surface area (Å²) in [6.45, 7) is 11.2. The van der Waals surface area contributed by atoms with Crippen molar-refractivity contribution in [1.82, 2.24) is 0 Å². The molecule has 0 unspecified atom stereocenters. The average molecular weight is 229 g/mol. The Kier molecular flexibility index (Phi) is 6.77. The topological polar surface area (TPSA) is 52.6 Å². The molecule has 4 nitrogen and oxygen atoms in total. The van der Waals surface area contributed by atoms with Crippen LogP contribution in [0.5, 0.6) is 0 Å². The van der Waals surface area contributed by atoms with E-state index in [0.717, 1.165) is 0 Å². The number of hydrogen-bond donors (Lipinski definition) is 0. The van der Waals surface area contributed by atoms with Gasteiger partial charge in [-0.15, -0.1) is 0 Å². The van der Waals surface area contributed by atoms with E-state index < -0.39 is 0 Å². The van der Waals surface area contributed by atoms with Crippen molar-refractivity contribution in [2.24, 2.45) is 17.8 Å². The first kappa shape index (κ1) is 14.9. The maximum Gasteiger partial charge on any atom is 0.308 e. The van der Waals surface area contributed by atoms with Crippen molar-refractivity contribution in [1.29, 1.82) is 0 Å². The van der Waals surface area contributed by atoms with Crippen molar-refractivity contribution in [3.05, 3.63) is 6.92 Å². The van der Waals surface area contributed by atoms with Crippen LogP contribution in [0.4, 0.5) is 0 Å². The Morgan fingerprint density at radius 3 is 1.50 bits per heavy atom. The van der Waals surface area contributed by atoms with E-state index in [1.54, 1.807) is 27.7 Å². The number of hydrogen-bond acceptors (Lipinski definition) is 4. The van der Waals surface area contributed by atoms with Gasteiger partial charge in [0.05, 0.1) is 25.0 Å². The minimum atomic E-state index is -0.260. The highest BCUT2D eigenvalue weighted by molar-refractivity contribution is 5.72. The molecule has 0 aromatic heterocycles. The molecule has 4 heteroatoms. The van der Waals surface area contributed by atoms with Gasteiger partial charge in [0.15, 0.2) is 0 Å². The molecule has 0 aromatic rings. The molecule has 0 heterocycles. The van der Waals surface area contributed by atoms with Gasteiger partial charge in [-0.2, -0.15) is 0 Å². The lowest BCUT2D eigenvalue weighted by Crippen LogP contribution is -2.22. The largest absolute Gasteiger partial charge is 0.465 e. The Morgan fingerprint density at radius 2 is 1.25 bits per heavy atom. The van der Waals surface area contributed by atoms with E-state index in [0.29, 0.717) is 0 Å². The maximum absolute atomic E-state index is 11.1. The predicted molar refractivity (Wildman–Crippen MR) is 60.4 cm³/mol. The van der Waals surface area contributed by atoms with Gasteiger partial charge in [0.1, 0.15) is 0 Å². The summed E-state index contributed by atoms with van der Waals surface area (Å²) in [4.78, 5) is 22.3. The van der Waals surface area contributed by atoms with E-state index in [2.05, 4.69) is 6.92 Å². The number of ether oxygens (including phenoxy) is 2. The molecule has 0 fully saturated rings. The van der Waals surface area contributed by atoms with Crippen molar-refractivity contribution < 1.29 is 19.1 Å². The van der Waals surface area contributed by atoms with E-state index in [9.17, 15) is 9.59 Å². The van der Waals surface area contributed by atoms with E-state index >= 15 is 0 Å². The third-order valence-corrected chi connectivity index (χ3v) is 1.87. The molecule has 1 radical (unpaired) electrons. The molecule has 0 spiro atoms. The molecule has 0 saturated carbocycles. The van der Waals surface area contributed by atoms with Crippen molar-refractivity contribution in [2.75, 3.05) is 13.2 Å². The fourth-order valence-corrected chi connectivity index (χ4v) is 0.781. The summed E-state index contributed by atoms with van der Waals surface area (Å²) >= 11 is 0. The summed E-state index contributed by atoms with van der Waals surface area (Å²) in [6.07, 6.45) is 0. The van der Waals surface area contributed by atoms with Crippen molar-refractivity contribution in [3.8, 4) is 0 Å². The number of carbonyl (C=O) groups excluding carboxylic acids is 2. The van der Waals surface area contributed by atoms with Crippen LogP contribution < -0.4 is 0 Å². The third kappa shape index (κ3) is 6.43. The van der Waals surface area contributed by atoms with E-state index in [-0.39, 0.29) is 42.9 Å². The molecule has 0 aliphatic rings. The van der Waals surface area contributed by atoms with Gasteiger partial charge in [0, 0.05) is 5.92 Å². The highest BCUT2D eigenvalue weighted by Gasteiger charge is 2.14. The summed E-state index contributed by atoms with van der Waals surface area (Å²) in [6, 6.07) is 0. The number of carbonyl (C=O) groups is 2. The van der Waals surface area contributed by atoms with Gasteiger partial charge in [-0.3, -0.25) is 9.59 Å². The van der Waals surface area contributed by atoms with E-state index in [1.165, 1.54) is 0 Å². The molecular formula is C12H21O4. The zero-order valence-corrected chi connectivity index (χ0v) is 10.5. The molecule has 0 aliphatic heterocycles. The second-order valence-corrected chi connectivity index (χ2v) is 4.44. The summed E-state index contributed by atoms with van der Waals surface area (Å²) < 4.78 is 9.93. The van der Waals surface area contributed by atoms with Gasteiger partial charge in [0.25, 0.3) is 0 Å². The summed E-state index contributed by atoms with van der Waals surface area (Å²) in [5.74, 6) is -1.03. The lowest BCUT2D eigenvalue weighted by atomic mass is 10.2. The molecule has 16 heavy (non-hydrogen) atoms. The second kappa shape index (κ2) is 7.25. The van der Waals surface area contributed by atoms with Crippen LogP contribution in [0.15, 0.2) is 0 Å². The Morgan fingerprint density at radius 1 is 0.938 bits per heavy atom. The van der Waals surface area contributed by atoms with Crippen LogP contribution in [0.3, 0.4) is 0 Å². The predicted octanol–water partition coefficient (Wildman–Crippen LogP) is 1.84. The van der Waals surface area contributed by atoms with Gasteiger partial charge in [-0.1, -0.05) is 27.7 Å².